The zero-order valence-corrected chi connectivity index (χ0v) is 10.8. The van der Waals surface area contributed by atoms with Crippen LogP contribution in [-0.4, -0.2) is 51.0 Å². The molecule has 0 aliphatic carbocycles. The predicted octanol–water partition coefficient (Wildman–Crippen LogP) is 0.408. The van der Waals surface area contributed by atoms with Gasteiger partial charge >= 0.3 is 0 Å². The van der Waals surface area contributed by atoms with Crippen LogP contribution < -0.4 is 10.2 Å². The first-order valence-electron chi connectivity index (χ1n) is 6.57. The molecule has 2 aliphatic heterocycles. The lowest BCUT2D eigenvalue weighted by Gasteiger charge is -2.41. The van der Waals surface area contributed by atoms with Crippen molar-refractivity contribution in [3.63, 3.8) is 0 Å². The van der Waals surface area contributed by atoms with Crippen LogP contribution in [-0.2, 0) is 14.3 Å². The standard InChI is InChI=1S/C14H18N2O3/c17-13-8-19-14(9-15-6-7-18-11-14)10-16(13)12-4-2-1-3-5-12/h1-5,15H,6-11H2. The Bertz CT molecular complexity index is 441. The monoisotopic (exact) mass is 262 g/mol. The van der Waals surface area contributed by atoms with Crippen LogP contribution in [0.3, 0.4) is 0 Å². The molecule has 0 bridgehead atoms. The third kappa shape index (κ3) is 2.63. The molecule has 2 saturated heterocycles. The van der Waals surface area contributed by atoms with Gasteiger partial charge in [0, 0.05) is 18.8 Å². The molecule has 0 saturated carbocycles. The van der Waals surface area contributed by atoms with Crippen LogP contribution in [0.25, 0.3) is 0 Å². The molecule has 1 N–H and O–H groups in total. The van der Waals surface area contributed by atoms with E-state index >= 15 is 0 Å². The third-order valence-corrected chi connectivity index (χ3v) is 3.55. The molecular formula is C14H18N2O3. The van der Waals surface area contributed by atoms with Gasteiger partial charge in [0.2, 0.25) is 0 Å². The van der Waals surface area contributed by atoms with E-state index in [4.69, 9.17) is 9.47 Å². The molecule has 1 atom stereocenters. The number of carbonyl (C=O) groups is 1. The van der Waals surface area contributed by atoms with Crippen LogP contribution in [0.4, 0.5) is 5.69 Å². The van der Waals surface area contributed by atoms with Gasteiger partial charge in [-0.3, -0.25) is 4.79 Å². The van der Waals surface area contributed by atoms with Crippen molar-refractivity contribution in [1.29, 1.82) is 0 Å². The quantitative estimate of drug-likeness (QED) is 0.796. The molecule has 1 aromatic carbocycles. The number of hydrogen-bond donors (Lipinski definition) is 1. The minimum absolute atomic E-state index is 0.000993. The number of rotatable bonds is 1. The Balaban J connectivity index is 1.82. The van der Waals surface area contributed by atoms with E-state index in [1.807, 2.05) is 30.3 Å². The first kappa shape index (κ1) is 12.6. The number of benzene rings is 1. The number of ether oxygens (including phenoxy) is 2. The Morgan fingerprint density at radius 1 is 1.26 bits per heavy atom. The highest BCUT2D eigenvalue weighted by atomic mass is 16.5. The van der Waals surface area contributed by atoms with Gasteiger partial charge < -0.3 is 19.7 Å². The summed E-state index contributed by atoms with van der Waals surface area (Å²) >= 11 is 0. The molecule has 2 fully saturated rings. The molecule has 1 spiro atoms. The van der Waals surface area contributed by atoms with Crippen LogP contribution >= 0.6 is 0 Å². The zero-order valence-electron chi connectivity index (χ0n) is 10.8. The van der Waals surface area contributed by atoms with Crippen molar-refractivity contribution in [2.24, 2.45) is 0 Å². The van der Waals surface area contributed by atoms with Gasteiger partial charge in [0.15, 0.2) is 0 Å². The van der Waals surface area contributed by atoms with Crippen molar-refractivity contribution in [3.8, 4) is 0 Å². The molecule has 0 radical (unpaired) electrons. The van der Waals surface area contributed by atoms with E-state index in [9.17, 15) is 4.79 Å². The summed E-state index contributed by atoms with van der Waals surface area (Å²) in [5.41, 5.74) is 0.486. The highest BCUT2D eigenvalue weighted by Gasteiger charge is 2.41. The summed E-state index contributed by atoms with van der Waals surface area (Å²) in [6, 6.07) is 9.71. The van der Waals surface area contributed by atoms with Crippen molar-refractivity contribution in [2.75, 3.05) is 44.4 Å². The molecule has 5 heteroatoms. The summed E-state index contributed by atoms with van der Waals surface area (Å²) in [4.78, 5) is 13.8. The molecule has 1 unspecified atom stereocenters. The van der Waals surface area contributed by atoms with E-state index in [0.717, 1.165) is 12.2 Å². The Morgan fingerprint density at radius 2 is 2.11 bits per heavy atom. The molecular weight excluding hydrogens is 244 g/mol. The Morgan fingerprint density at radius 3 is 2.95 bits per heavy atom. The van der Waals surface area contributed by atoms with Gasteiger partial charge in [-0.05, 0) is 12.1 Å². The maximum absolute atomic E-state index is 12.0. The molecule has 1 amide bonds. The lowest BCUT2D eigenvalue weighted by molar-refractivity contribution is -0.144. The maximum Gasteiger partial charge on any atom is 0.253 e. The van der Waals surface area contributed by atoms with Gasteiger partial charge in [-0.25, -0.2) is 0 Å². The third-order valence-electron chi connectivity index (χ3n) is 3.55. The topological polar surface area (TPSA) is 50.8 Å². The smallest absolute Gasteiger partial charge is 0.253 e. The summed E-state index contributed by atoms with van der Waals surface area (Å²) in [6.07, 6.45) is 0. The summed E-state index contributed by atoms with van der Waals surface area (Å²) < 4.78 is 11.4. The summed E-state index contributed by atoms with van der Waals surface area (Å²) in [5, 5.41) is 3.31. The van der Waals surface area contributed by atoms with Crippen LogP contribution in [0.15, 0.2) is 30.3 Å². The molecule has 3 rings (SSSR count). The molecule has 0 aromatic heterocycles. The van der Waals surface area contributed by atoms with Crippen molar-refractivity contribution in [2.45, 2.75) is 5.60 Å². The maximum atomic E-state index is 12.0. The molecule has 2 aliphatic rings. The molecule has 1 aromatic rings. The average molecular weight is 262 g/mol. The van der Waals surface area contributed by atoms with Gasteiger partial charge in [-0.15, -0.1) is 0 Å². The van der Waals surface area contributed by atoms with Crippen molar-refractivity contribution < 1.29 is 14.3 Å². The van der Waals surface area contributed by atoms with Crippen LogP contribution in [0, 0.1) is 0 Å². The van der Waals surface area contributed by atoms with E-state index in [0.29, 0.717) is 26.3 Å². The van der Waals surface area contributed by atoms with E-state index in [2.05, 4.69) is 5.32 Å². The first-order chi connectivity index (χ1) is 9.29. The Kier molecular flexibility index (Phi) is 3.50. The number of nitrogens with one attached hydrogen (secondary N) is 1. The minimum Gasteiger partial charge on any atom is -0.377 e. The first-order valence-corrected chi connectivity index (χ1v) is 6.57. The van der Waals surface area contributed by atoms with Gasteiger partial charge in [-0.1, -0.05) is 18.2 Å². The van der Waals surface area contributed by atoms with E-state index in [1.165, 1.54) is 0 Å². The van der Waals surface area contributed by atoms with Gasteiger partial charge in [0.1, 0.15) is 12.2 Å². The van der Waals surface area contributed by atoms with Gasteiger partial charge in [-0.2, -0.15) is 0 Å². The number of amides is 1. The fourth-order valence-corrected chi connectivity index (χ4v) is 2.52. The molecule has 102 valence electrons. The highest BCUT2D eigenvalue weighted by Crippen LogP contribution is 2.25. The summed E-state index contributed by atoms with van der Waals surface area (Å²) in [7, 11) is 0. The van der Waals surface area contributed by atoms with Gasteiger partial charge in [0.05, 0.1) is 19.8 Å². The second-order valence-corrected chi connectivity index (χ2v) is 5.02. The average Bonchev–Trinajstić information content (AvgIpc) is 2.69. The lowest BCUT2D eigenvalue weighted by atomic mass is 10.0. The number of para-hydroxylation sites is 1. The number of nitrogens with zero attached hydrogens (tertiary/aromatic N) is 1. The van der Waals surface area contributed by atoms with Crippen LogP contribution in [0.1, 0.15) is 0 Å². The molecule has 2 heterocycles. The SMILES string of the molecule is O=C1COC2(CNCCOC2)CN1c1ccccc1. The second-order valence-electron chi connectivity index (χ2n) is 5.02. The van der Waals surface area contributed by atoms with Crippen LogP contribution in [0.5, 0.6) is 0 Å². The van der Waals surface area contributed by atoms with E-state index in [1.54, 1.807) is 4.90 Å². The Hall–Kier alpha value is -1.43. The number of morpholine rings is 1. The number of anilines is 1. The predicted molar refractivity (Wildman–Crippen MR) is 71.2 cm³/mol. The fraction of sp³-hybridized carbons (Fsp3) is 0.500. The minimum atomic E-state index is -0.430. The van der Waals surface area contributed by atoms with Crippen molar-refractivity contribution >= 4 is 11.6 Å². The Labute approximate surface area is 112 Å². The van der Waals surface area contributed by atoms with Crippen LogP contribution in [0.2, 0.25) is 0 Å². The molecule has 19 heavy (non-hydrogen) atoms. The highest BCUT2D eigenvalue weighted by molar-refractivity contribution is 5.95. The largest absolute Gasteiger partial charge is 0.377 e. The summed E-state index contributed by atoms with van der Waals surface area (Å²) in [6.45, 7) is 3.39. The zero-order chi connectivity index (χ0) is 13.1. The van der Waals surface area contributed by atoms with Crippen molar-refractivity contribution in [1.82, 2.24) is 5.32 Å². The number of carbonyl (C=O) groups excluding carboxylic acids is 1. The second kappa shape index (κ2) is 5.28. The number of hydrogen-bond acceptors (Lipinski definition) is 4. The summed E-state index contributed by atoms with van der Waals surface area (Å²) in [5.74, 6) is 0.000993. The molecule has 5 nitrogen and oxygen atoms in total. The fourth-order valence-electron chi connectivity index (χ4n) is 2.52. The van der Waals surface area contributed by atoms with E-state index in [-0.39, 0.29) is 12.5 Å². The normalized spacial score (nSPS) is 28.4. The van der Waals surface area contributed by atoms with Gasteiger partial charge in [0.25, 0.3) is 5.91 Å². The van der Waals surface area contributed by atoms with E-state index < -0.39 is 5.60 Å². The lowest BCUT2D eigenvalue weighted by Crippen LogP contribution is -2.60. The van der Waals surface area contributed by atoms with Crippen molar-refractivity contribution in [3.05, 3.63) is 30.3 Å².